The summed E-state index contributed by atoms with van der Waals surface area (Å²) in [6.45, 7) is -2.05. The molecule has 14 heteroatoms. The summed E-state index contributed by atoms with van der Waals surface area (Å²) in [6, 6.07) is 0. The Labute approximate surface area is 112 Å². The molecule has 1 fully saturated rings. The van der Waals surface area contributed by atoms with Gasteiger partial charge < -0.3 is 39.6 Å². The van der Waals surface area contributed by atoms with Crippen LogP contribution in [0, 0.1) is 0 Å². The second-order valence-electron chi connectivity index (χ2n) is 3.99. The monoisotopic (exact) mass is 340 g/mol. The molecule has 12 nitrogen and oxygen atoms in total. The van der Waals surface area contributed by atoms with Gasteiger partial charge in [0.2, 0.25) is 5.79 Å². The highest BCUT2D eigenvalue weighted by Crippen LogP contribution is 2.41. The van der Waals surface area contributed by atoms with Crippen molar-refractivity contribution in [1.82, 2.24) is 0 Å². The zero-order valence-electron chi connectivity index (χ0n) is 9.71. The first-order valence-electron chi connectivity index (χ1n) is 5.00. The second-order valence-corrected chi connectivity index (χ2v) is 6.47. The molecule has 20 heavy (non-hydrogen) atoms. The van der Waals surface area contributed by atoms with Gasteiger partial charge in [0.1, 0.15) is 24.9 Å². The van der Waals surface area contributed by atoms with Gasteiger partial charge in [-0.2, -0.15) is 0 Å². The fraction of sp³-hybridized carbons (Fsp3) is 1.00. The topological polar surface area (TPSA) is 203 Å². The summed E-state index contributed by atoms with van der Waals surface area (Å²) in [4.78, 5) is 33.9. The van der Waals surface area contributed by atoms with Gasteiger partial charge in [0.15, 0.2) is 0 Å². The van der Waals surface area contributed by atoms with Gasteiger partial charge in [-0.3, -0.25) is 9.05 Å². The number of rotatable bonds is 6. The van der Waals surface area contributed by atoms with Gasteiger partial charge in [-0.25, -0.2) is 9.13 Å². The summed E-state index contributed by atoms with van der Waals surface area (Å²) < 4.78 is 33.6. The molecule has 0 aliphatic carbocycles. The van der Waals surface area contributed by atoms with Crippen molar-refractivity contribution in [2.75, 3.05) is 13.2 Å². The first kappa shape index (κ1) is 18.1. The van der Waals surface area contributed by atoms with E-state index in [4.69, 9.17) is 19.6 Å². The number of hydrogen-bond donors (Lipinski definition) is 7. The molecule has 0 aromatic heterocycles. The molecule has 0 aromatic rings. The summed E-state index contributed by atoms with van der Waals surface area (Å²) in [5.74, 6) is -2.66. The molecule has 0 amide bonds. The lowest BCUT2D eigenvalue weighted by molar-refractivity contribution is -0.245. The molecule has 0 radical (unpaired) electrons. The fourth-order valence-corrected chi connectivity index (χ4v) is 2.17. The molecule has 0 saturated carbocycles. The Morgan fingerprint density at radius 1 is 1.05 bits per heavy atom. The average Bonchev–Trinajstić information content (AvgIpc) is 2.48. The summed E-state index contributed by atoms with van der Waals surface area (Å²) in [7, 11) is -9.82. The molecular weight excluding hydrogens is 326 g/mol. The predicted molar refractivity (Wildman–Crippen MR) is 57.8 cm³/mol. The average molecular weight is 340 g/mol. The lowest BCUT2D eigenvalue weighted by atomic mass is 10.1. The van der Waals surface area contributed by atoms with Gasteiger partial charge in [-0.05, 0) is 0 Å². The van der Waals surface area contributed by atoms with Gasteiger partial charge in [-0.15, -0.1) is 0 Å². The van der Waals surface area contributed by atoms with Gasteiger partial charge in [0.05, 0.1) is 6.61 Å². The molecule has 4 atom stereocenters. The van der Waals surface area contributed by atoms with Gasteiger partial charge in [0.25, 0.3) is 0 Å². The minimum Gasteiger partial charge on any atom is -0.387 e. The van der Waals surface area contributed by atoms with E-state index >= 15 is 0 Å². The molecule has 7 N–H and O–H groups in total. The molecule has 120 valence electrons. The Kier molecular flexibility index (Phi) is 5.48. The Morgan fingerprint density at radius 2 is 1.55 bits per heavy atom. The second kappa shape index (κ2) is 6.05. The summed E-state index contributed by atoms with van der Waals surface area (Å²) in [5, 5.41) is 28.8. The maximum atomic E-state index is 10.5. The van der Waals surface area contributed by atoms with Crippen LogP contribution in [0.1, 0.15) is 0 Å². The van der Waals surface area contributed by atoms with Crippen molar-refractivity contribution < 1.29 is 57.8 Å². The van der Waals surface area contributed by atoms with Crippen LogP contribution in [-0.2, 0) is 22.9 Å². The number of phosphoric acid groups is 2. The number of aliphatic hydroxyl groups is 3. The van der Waals surface area contributed by atoms with Gasteiger partial charge in [0, 0.05) is 0 Å². The van der Waals surface area contributed by atoms with E-state index in [1.807, 2.05) is 0 Å². The van der Waals surface area contributed by atoms with E-state index in [9.17, 15) is 24.4 Å². The first-order chi connectivity index (χ1) is 8.84. The SMILES string of the molecule is O=P(O)(O)OC[C@H]1O[C@](O)(COP(=O)(O)O)[C@H](O)[C@@H]1O. The minimum absolute atomic E-state index is 0.874. The van der Waals surface area contributed by atoms with Crippen LogP contribution in [0.25, 0.3) is 0 Å². The Morgan fingerprint density at radius 3 is 2.00 bits per heavy atom. The van der Waals surface area contributed by atoms with Crippen molar-refractivity contribution in [3.05, 3.63) is 0 Å². The van der Waals surface area contributed by atoms with Gasteiger partial charge in [-0.1, -0.05) is 0 Å². The van der Waals surface area contributed by atoms with Crippen molar-refractivity contribution in [1.29, 1.82) is 0 Å². The first-order valence-corrected chi connectivity index (χ1v) is 8.07. The van der Waals surface area contributed by atoms with E-state index in [2.05, 4.69) is 13.8 Å². The van der Waals surface area contributed by atoms with E-state index in [1.165, 1.54) is 0 Å². The quantitative estimate of drug-likeness (QED) is 0.242. The van der Waals surface area contributed by atoms with Crippen molar-refractivity contribution in [3.63, 3.8) is 0 Å². The molecule has 1 heterocycles. The van der Waals surface area contributed by atoms with E-state index < -0.39 is 53.0 Å². The fourth-order valence-electron chi connectivity index (χ4n) is 1.47. The Hall–Kier alpha value is 0.0600. The summed E-state index contributed by atoms with van der Waals surface area (Å²) in [6.07, 6.45) is -5.38. The molecule has 1 rings (SSSR count). The summed E-state index contributed by atoms with van der Waals surface area (Å²) in [5.41, 5.74) is 0. The Balaban J connectivity index is 2.67. The third kappa shape index (κ3) is 5.11. The molecule has 1 aliphatic heterocycles. The summed E-state index contributed by atoms with van der Waals surface area (Å²) >= 11 is 0. The zero-order chi connectivity index (χ0) is 15.8. The van der Waals surface area contributed by atoms with Crippen LogP contribution in [0.15, 0.2) is 0 Å². The number of phosphoric ester groups is 2. The maximum absolute atomic E-state index is 10.5. The third-order valence-corrected chi connectivity index (χ3v) is 3.32. The van der Waals surface area contributed by atoms with Crippen molar-refractivity contribution in [2.24, 2.45) is 0 Å². The molecular formula is C6H14O12P2. The van der Waals surface area contributed by atoms with Crippen molar-refractivity contribution >= 4 is 15.6 Å². The third-order valence-electron chi connectivity index (χ3n) is 2.37. The van der Waals surface area contributed by atoms with E-state index in [1.54, 1.807) is 0 Å². The van der Waals surface area contributed by atoms with Crippen LogP contribution in [0.3, 0.4) is 0 Å². The maximum Gasteiger partial charge on any atom is 0.469 e. The van der Waals surface area contributed by atoms with Crippen molar-refractivity contribution in [2.45, 2.75) is 24.1 Å². The highest BCUT2D eigenvalue weighted by Gasteiger charge is 2.54. The van der Waals surface area contributed by atoms with Crippen molar-refractivity contribution in [3.8, 4) is 0 Å². The number of aliphatic hydroxyl groups excluding tert-OH is 2. The lowest BCUT2D eigenvalue weighted by Crippen LogP contribution is -2.46. The zero-order valence-corrected chi connectivity index (χ0v) is 11.5. The number of ether oxygens (including phenoxy) is 1. The van der Waals surface area contributed by atoms with E-state index in [0.717, 1.165) is 0 Å². The van der Waals surface area contributed by atoms with Crippen LogP contribution in [0.5, 0.6) is 0 Å². The van der Waals surface area contributed by atoms with Crippen LogP contribution < -0.4 is 0 Å². The largest absolute Gasteiger partial charge is 0.469 e. The molecule has 1 saturated heterocycles. The highest BCUT2D eigenvalue weighted by molar-refractivity contribution is 7.46. The molecule has 0 unspecified atom stereocenters. The standard InChI is InChI=1S/C6H14O12P2/c7-4-3(1-16-19(10,11)12)18-6(9,5(4)8)2-17-20(13,14)15/h3-5,7-9H,1-2H2,(H2,10,11,12)(H2,13,14,15)/t3-,4-,5-,6-/m1/s1. The van der Waals surface area contributed by atoms with E-state index in [0.29, 0.717) is 0 Å². The van der Waals surface area contributed by atoms with Crippen LogP contribution in [0.4, 0.5) is 0 Å². The molecule has 0 aromatic carbocycles. The predicted octanol–water partition coefficient (Wildman–Crippen LogP) is -2.99. The number of hydrogen-bond acceptors (Lipinski definition) is 8. The normalized spacial score (nSPS) is 35.5. The highest BCUT2D eigenvalue weighted by atomic mass is 31.2. The van der Waals surface area contributed by atoms with E-state index in [-0.39, 0.29) is 0 Å². The molecule has 1 aliphatic rings. The van der Waals surface area contributed by atoms with Crippen LogP contribution in [-0.4, -0.2) is 72.2 Å². The van der Waals surface area contributed by atoms with Crippen LogP contribution in [0.2, 0.25) is 0 Å². The molecule has 0 bridgehead atoms. The van der Waals surface area contributed by atoms with Gasteiger partial charge >= 0.3 is 15.6 Å². The minimum atomic E-state index is -4.96. The Bertz CT molecular complexity index is 428. The lowest BCUT2D eigenvalue weighted by Gasteiger charge is -2.25. The molecule has 0 spiro atoms. The smallest absolute Gasteiger partial charge is 0.387 e. The van der Waals surface area contributed by atoms with Crippen LogP contribution >= 0.6 is 15.6 Å².